The van der Waals surface area contributed by atoms with E-state index in [4.69, 9.17) is 4.74 Å². The first-order valence-corrected chi connectivity index (χ1v) is 6.34. The lowest BCUT2D eigenvalue weighted by molar-refractivity contribution is -0.118. The summed E-state index contributed by atoms with van der Waals surface area (Å²) in [6, 6.07) is 0. The van der Waals surface area contributed by atoms with E-state index >= 15 is 0 Å². The molecule has 4 nitrogen and oxygen atoms in total. The van der Waals surface area contributed by atoms with Gasteiger partial charge in [-0.1, -0.05) is 0 Å². The maximum atomic E-state index is 11.2. The number of ether oxygens (including phenoxy) is 1. The number of carbonyl (C=O) groups is 1. The van der Waals surface area contributed by atoms with Gasteiger partial charge in [-0.25, -0.2) is 8.42 Å². The van der Waals surface area contributed by atoms with Gasteiger partial charge in [-0.3, -0.25) is 4.79 Å². The van der Waals surface area contributed by atoms with Gasteiger partial charge in [0.05, 0.1) is 6.10 Å². The Morgan fingerprint density at radius 1 is 1.54 bits per heavy atom. The minimum absolute atomic E-state index is 0.0470. The van der Waals surface area contributed by atoms with Crippen molar-refractivity contribution < 1.29 is 17.9 Å². The summed E-state index contributed by atoms with van der Waals surface area (Å²) in [6.45, 7) is 0.691. The van der Waals surface area contributed by atoms with Crippen molar-refractivity contribution in [3.63, 3.8) is 0 Å². The van der Waals surface area contributed by atoms with Gasteiger partial charge in [0, 0.05) is 19.3 Å². The van der Waals surface area contributed by atoms with Gasteiger partial charge in [0.25, 0.3) is 0 Å². The van der Waals surface area contributed by atoms with Crippen LogP contribution >= 0.6 is 0 Å². The first-order valence-electron chi connectivity index (χ1n) is 4.28. The van der Waals surface area contributed by atoms with Crippen LogP contribution in [-0.4, -0.2) is 38.9 Å². The van der Waals surface area contributed by atoms with Gasteiger partial charge in [0.15, 0.2) is 9.84 Å². The molecule has 0 aromatic heterocycles. The van der Waals surface area contributed by atoms with Crippen LogP contribution in [0.3, 0.4) is 0 Å². The highest BCUT2D eigenvalue weighted by molar-refractivity contribution is 7.91. The van der Waals surface area contributed by atoms with Crippen molar-refractivity contribution in [1.29, 1.82) is 0 Å². The first-order chi connectivity index (χ1) is 5.97. The molecule has 0 aromatic carbocycles. The van der Waals surface area contributed by atoms with Crippen molar-refractivity contribution in [2.75, 3.05) is 18.6 Å². The summed E-state index contributed by atoms with van der Waals surface area (Å²) in [6.07, 6.45) is 3.11. The van der Waals surface area contributed by atoms with Crippen molar-refractivity contribution >= 4 is 15.6 Å². The second kappa shape index (κ2) is 4.19. The molecule has 76 valence electrons. The molecule has 0 aliphatic carbocycles. The zero-order valence-corrected chi connectivity index (χ0v) is 8.47. The molecular formula is C8H14O4S. The quantitative estimate of drug-likeness (QED) is 0.658. The largest absolute Gasteiger partial charge is 0.378 e. The topological polar surface area (TPSA) is 60.4 Å². The summed E-state index contributed by atoms with van der Waals surface area (Å²) in [7, 11) is -3.17. The van der Waals surface area contributed by atoms with Gasteiger partial charge >= 0.3 is 0 Å². The highest BCUT2D eigenvalue weighted by Crippen LogP contribution is 2.15. The molecule has 5 heteroatoms. The third-order valence-corrected chi connectivity index (χ3v) is 2.75. The standard InChI is InChI=1S/C8H14O4S/c1-13(10,11)6-7(9)5-8-3-2-4-12-8/h8H,2-6H2,1H3. The number of sulfone groups is 1. The molecule has 0 N–H and O–H groups in total. The second-order valence-electron chi connectivity index (χ2n) is 3.45. The highest BCUT2D eigenvalue weighted by Gasteiger charge is 2.20. The maximum absolute atomic E-state index is 11.2. The molecule has 1 atom stereocenters. The van der Waals surface area contributed by atoms with E-state index in [1.54, 1.807) is 0 Å². The maximum Gasteiger partial charge on any atom is 0.154 e. The minimum Gasteiger partial charge on any atom is -0.378 e. The van der Waals surface area contributed by atoms with Crippen molar-refractivity contribution in [3.05, 3.63) is 0 Å². The van der Waals surface area contributed by atoms with Gasteiger partial charge in [-0.2, -0.15) is 0 Å². The summed E-state index contributed by atoms with van der Waals surface area (Å²) >= 11 is 0. The molecular weight excluding hydrogens is 192 g/mol. The van der Waals surface area contributed by atoms with Gasteiger partial charge in [-0.15, -0.1) is 0 Å². The lowest BCUT2D eigenvalue weighted by Gasteiger charge is -2.06. The molecule has 0 bridgehead atoms. The molecule has 0 saturated carbocycles. The molecule has 0 amide bonds. The molecule has 1 unspecified atom stereocenters. The molecule has 0 radical (unpaired) electrons. The smallest absolute Gasteiger partial charge is 0.154 e. The van der Waals surface area contributed by atoms with Crippen LogP contribution in [0.5, 0.6) is 0 Å². The van der Waals surface area contributed by atoms with Crippen molar-refractivity contribution in [3.8, 4) is 0 Å². The van der Waals surface area contributed by atoms with Crippen molar-refractivity contribution in [2.24, 2.45) is 0 Å². The summed E-state index contributed by atoms with van der Waals surface area (Å²) < 4.78 is 26.7. The van der Waals surface area contributed by atoms with Gasteiger partial charge < -0.3 is 4.74 Å². The highest BCUT2D eigenvalue weighted by atomic mass is 32.2. The van der Waals surface area contributed by atoms with E-state index in [1.165, 1.54) is 0 Å². The van der Waals surface area contributed by atoms with Crippen LogP contribution in [0.2, 0.25) is 0 Å². The zero-order valence-electron chi connectivity index (χ0n) is 7.65. The predicted molar refractivity (Wildman–Crippen MR) is 48.3 cm³/mol. The van der Waals surface area contributed by atoms with E-state index in [1.807, 2.05) is 0 Å². The van der Waals surface area contributed by atoms with E-state index < -0.39 is 9.84 Å². The molecule has 0 spiro atoms. The third-order valence-electron chi connectivity index (χ3n) is 1.90. The van der Waals surface area contributed by atoms with E-state index in [9.17, 15) is 13.2 Å². The Morgan fingerprint density at radius 2 is 2.23 bits per heavy atom. The molecule has 1 saturated heterocycles. The zero-order chi connectivity index (χ0) is 9.90. The lowest BCUT2D eigenvalue weighted by atomic mass is 10.1. The summed E-state index contributed by atoms with van der Waals surface area (Å²) in [4.78, 5) is 11.2. The number of hydrogen-bond acceptors (Lipinski definition) is 4. The Labute approximate surface area is 78.2 Å². The lowest BCUT2D eigenvalue weighted by Crippen LogP contribution is -2.19. The number of Topliss-reactive ketones (excluding diaryl/α,β-unsaturated/α-hetero) is 1. The fourth-order valence-electron chi connectivity index (χ4n) is 1.41. The Kier molecular flexibility index (Phi) is 3.44. The van der Waals surface area contributed by atoms with Crippen LogP contribution in [0.1, 0.15) is 19.3 Å². The average molecular weight is 206 g/mol. The van der Waals surface area contributed by atoms with Gasteiger partial charge in [0.1, 0.15) is 11.5 Å². The third kappa shape index (κ3) is 4.38. The molecule has 13 heavy (non-hydrogen) atoms. The summed E-state index contributed by atoms with van der Waals surface area (Å²) in [5, 5.41) is 0. The fourth-order valence-corrected chi connectivity index (χ4v) is 2.11. The van der Waals surface area contributed by atoms with Crippen molar-refractivity contribution in [2.45, 2.75) is 25.4 Å². The van der Waals surface area contributed by atoms with Crippen LogP contribution in [0.15, 0.2) is 0 Å². The Hall–Kier alpha value is -0.420. The Morgan fingerprint density at radius 3 is 2.69 bits per heavy atom. The molecule has 1 aliphatic rings. The van der Waals surface area contributed by atoms with E-state index in [2.05, 4.69) is 0 Å². The van der Waals surface area contributed by atoms with E-state index in [0.29, 0.717) is 6.61 Å². The first kappa shape index (κ1) is 10.7. The normalized spacial score (nSPS) is 23.3. The van der Waals surface area contributed by atoms with Crippen LogP contribution in [0, 0.1) is 0 Å². The van der Waals surface area contributed by atoms with Crippen LogP contribution < -0.4 is 0 Å². The molecule has 1 aliphatic heterocycles. The molecule has 1 heterocycles. The van der Waals surface area contributed by atoms with E-state index in [-0.39, 0.29) is 24.1 Å². The summed E-state index contributed by atoms with van der Waals surface area (Å²) in [5.74, 6) is -0.596. The van der Waals surface area contributed by atoms with Crippen LogP contribution in [0.25, 0.3) is 0 Å². The molecule has 1 fully saturated rings. The number of ketones is 1. The van der Waals surface area contributed by atoms with Crippen molar-refractivity contribution in [1.82, 2.24) is 0 Å². The molecule has 1 rings (SSSR count). The summed E-state index contributed by atoms with van der Waals surface area (Å²) in [5.41, 5.74) is 0. The van der Waals surface area contributed by atoms with Gasteiger partial charge in [0.2, 0.25) is 0 Å². The minimum atomic E-state index is -3.17. The molecule has 0 aromatic rings. The fraction of sp³-hybridized carbons (Fsp3) is 0.875. The van der Waals surface area contributed by atoms with Crippen LogP contribution in [0.4, 0.5) is 0 Å². The van der Waals surface area contributed by atoms with Gasteiger partial charge in [-0.05, 0) is 12.8 Å². The predicted octanol–water partition coefficient (Wildman–Crippen LogP) is 0.169. The monoisotopic (exact) mass is 206 g/mol. The number of hydrogen-bond donors (Lipinski definition) is 0. The van der Waals surface area contributed by atoms with E-state index in [0.717, 1.165) is 19.1 Å². The average Bonchev–Trinajstić information content (AvgIpc) is 2.34. The number of rotatable bonds is 4. The Balaban J connectivity index is 2.33. The second-order valence-corrected chi connectivity index (χ2v) is 5.59. The SMILES string of the molecule is CS(=O)(=O)CC(=O)CC1CCCO1. The van der Waals surface area contributed by atoms with Crippen LogP contribution in [-0.2, 0) is 19.4 Å². The number of carbonyl (C=O) groups excluding carboxylic acids is 1. The Bertz CT molecular complexity index is 275.